The minimum absolute atomic E-state index is 0.0710. The molecule has 0 radical (unpaired) electrons. The Morgan fingerprint density at radius 3 is 2.86 bits per heavy atom. The third kappa shape index (κ3) is 5.74. The average Bonchev–Trinajstić information content (AvgIpc) is 2.71. The molecular formula is C23H34FNO3S. The lowest BCUT2D eigenvalue weighted by Gasteiger charge is -2.47. The number of benzene rings is 1. The molecule has 162 valence electrons. The molecule has 1 saturated heterocycles. The van der Waals surface area contributed by atoms with Gasteiger partial charge in [-0.05, 0) is 48.9 Å². The molecule has 0 N–H and O–H groups in total. The first-order chi connectivity index (χ1) is 14.0. The number of piperidine rings is 1. The molecule has 4 nitrogen and oxygen atoms in total. The molecule has 6 heteroatoms. The fourth-order valence-corrected chi connectivity index (χ4v) is 4.97. The van der Waals surface area contributed by atoms with Gasteiger partial charge in [0.15, 0.2) is 0 Å². The summed E-state index contributed by atoms with van der Waals surface area (Å²) < 4.78 is 23.7. The first-order valence-electron chi connectivity index (χ1n) is 10.8. The second-order valence-electron chi connectivity index (χ2n) is 8.19. The SMILES string of the molecule is CCC(=O)O[C@H]1C[C@H]2c3cc(C)c(C)cc3CCN2C[C@@H]1CCOCSCC[18F]. The van der Waals surface area contributed by atoms with Crippen molar-refractivity contribution in [3.63, 3.8) is 0 Å². The van der Waals surface area contributed by atoms with Crippen LogP contribution in [-0.2, 0) is 20.7 Å². The Kier molecular flexibility index (Phi) is 8.39. The highest BCUT2D eigenvalue weighted by Gasteiger charge is 2.40. The minimum atomic E-state index is -0.317. The zero-order valence-electron chi connectivity index (χ0n) is 17.9. The maximum absolute atomic E-state index is 12.2. The Labute approximate surface area is 178 Å². The molecule has 29 heavy (non-hydrogen) atoms. The molecule has 0 bridgehead atoms. The van der Waals surface area contributed by atoms with Gasteiger partial charge in [-0.2, -0.15) is 0 Å². The molecule has 0 spiro atoms. The highest BCUT2D eigenvalue weighted by Crippen LogP contribution is 2.41. The normalized spacial score (nSPS) is 24.1. The van der Waals surface area contributed by atoms with Gasteiger partial charge in [0.2, 0.25) is 0 Å². The average molecular weight is 423 g/mol. The van der Waals surface area contributed by atoms with Crippen molar-refractivity contribution in [3.8, 4) is 0 Å². The number of thioether (sulfide) groups is 1. The number of hydrogen-bond acceptors (Lipinski definition) is 5. The lowest BCUT2D eigenvalue weighted by atomic mass is 9.79. The van der Waals surface area contributed by atoms with Gasteiger partial charge in [-0.1, -0.05) is 19.1 Å². The first kappa shape index (κ1) is 22.6. The van der Waals surface area contributed by atoms with Crippen LogP contribution in [0, 0.1) is 19.8 Å². The number of carbonyl (C=O) groups is 1. The molecule has 2 heterocycles. The molecule has 2 aliphatic heterocycles. The standard InChI is InChI=1S/C23H34FNO3S/c1-4-23(26)28-22-13-21-20-12-17(3)16(2)11-18(20)5-8-25(21)14-19(22)6-9-27-15-29-10-7-24/h11-12,19,21-22H,4-10,13-15H2,1-3H3/t19-,21-,22-/m0/s1/i24-1. The van der Waals surface area contributed by atoms with Gasteiger partial charge in [-0.3, -0.25) is 14.1 Å². The van der Waals surface area contributed by atoms with Crippen molar-refractivity contribution < 1.29 is 18.7 Å². The lowest BCUT2D eigenvalue weighted by molar-refractivity contribution is -0.157. The fourth-order valence-electron chi connectivity index (χ4n) is 4.51. The molecular weight excluding hydrogens is 388 g/mol. The van der Waals surface area contributed by atoms with Crippen LogP contribution in [0.3, 0.4) is 0 Å². The van der Waals surface area contributed by atoms with Gasteiger partial charge in [-0.15, -0.1) is 11.8 Å². The van der Waals surface area contributed by atoms with E-state index in [1.165, 1.54) is 34.0 Å². The van der Waals surface area contributed by atoms with Gasteiger partial charge in [0.1, 0.15) is 6.10 Å². The van der Waals surface area contributed by atoms with Crippen LogP contribution < -0.4 is 0 Å². The Balaban J connectivity index is 1.68. The summed E-state index contributed by atoms with van der Waals surface area (Å²) in [6.07, 6.45) is 3.13. The molecule has 3 rings (SSSR count). The molecule has 3 atom stereocenters. The third-order valence-corrected chi connectivity index (χ3v) is 7.04. The Morgan fingerprint density at radius 2 is 2.10 bits per heavy atom. The molecule has 2 aliphatic rings. The quantitative estimate of drug-likeness (QED) is 0.330. The van der Waals surface area contributed by atoms with Crippen LogP contribution in [0.25, 0.3) is 0 Å². The summed E-state index contributed by atoms with van der Waals surface area (Å²) in [6, 6.07) is 5.00. The van der Waals surface area contributed by atoms with Crippen molar-refractivity contribution in [2.75, 3.05) is 38.1 Å². The number of halogens is 1. The van der Waals surface area contributed by atoms with E-state index in [9.17, 15) is 9.18 Å². The van der Waals surface area contributed by atoms with E-state index in [0.717, 1.165) is 32.4 Å². The minimum Gasteiger partial charge on any atom is -0.462 e. The molecule has 1 fully saturated rings. The Morgan fingerprint density at radius 1 is 1.31 bits per heavy atom. The van der Waals surface area contributed by atoms with E-state index in [2.05, 4.69) is 30.9 Å². The maximum atomic E-state index is 12.2. The summed E-state index contributed by atoms with van der Waals surface area (Å²) in [6.45, 7) is 8.49. The first-order valence-corrected chi connectivity index (χ1v) is 11.9. The number of hydrogen-bond donors (Lipinski definition) is 0. The highest BCUT2D eigenvalue weighted by molar-refractivity contribution is 7.99. The number of rotatable bonds is 9. The van der Waals surface area contributed by atoms with Crippen LogP contribution in [-0.4, -0.2) is 55.0 Å². The summed E-state index contributed by atoms with van der Waals surface area (Å²) in [5.74, 6) is 1.16. The summed E-state index contributed by atoms with van der Waals surface area (Å²) in [7, 11) is 0. The van der Waals surface area contributed by atoms with Gasteiger partial charge in [0.05, 0.1) is 12.6 Å². The monoisotopic (exact) mass is 422 g/mol. The molecule has 0 aromatic heterocycles. The topological polar surface area (TPSA) is 38.8 Å². The molecule has 0 unspecified atom stereocenters. The van der Waals surface area contributed by atoms with Crippen LogP contribution in [0.1, 0.15) is 54.5 Å². The van der Waals surface area contributed by atoms with E-state index in [1.54, 1.807) is 0 Å². The second kappa shape index (κ2) is 10.8. The zero-order valence-corrected chi connectivity index (χ0v) is 18.7. The van der Waals surface area contributed by atoms with Crippen molar-refractivity contribution >= 4 is 17.7 Å². The predicted molar refractivity (Wildman–Crippen MR) is 116 cm³/mol. The smallest absolute Gasteiger partial charge is 0.305 e. The summed E-state index contributed by atoms with van der Waals surface area (Å²) in [5, 5.41) is 0. The van der Waals surface area contributed by atoms with Crippen molar-refractivity contribution in [1.29, 1.82) is 0 Å². The molecule has 0 aliphatic carbocycles. The number of fused-ring (bicyclic) bond motifs is 3. The van der Waals surface area contributed by atoms with Gasteiger partial charge in [0.25, 0.3) is 0 Å². The van der Waals surface area contributed by atoms with E-state index >= 15 is 0 Å². The van der Waals surface area contributed by atoms with Gasteiger partial charge >= 0.3 is 5.97 Å². The van der Waals surface area contributed by atoms with Crippen LogP contribution in [0.4, 0.5) is 4.39 Å². The second-order valence-corrected chi connectivity index (χ2v) is 9.24. The van der Waals surface area contributed by atoms with E-state index in [4.69, 9.17) is 9.47 Å². The number of aryl methyl sites for hydroxylation is 2. The largest absolute Gasteiger partial charge is 0.462 e. The summed E-state index contributed by atoms with van der Waals surface area (Å²) in [4.78, 5) is 14.6. The van der Waals surface area contributed by atoms with Crippen LogP contribution in [0.5, 0.6) is 0 Å². The van der Waals surface area contributed by atoms with Gasteiger partial charge in [-0.25, -0.2) is 0 Å². The summed E-state index contributed by atoms with van der Waals surface area (Å²) in [5.41, 5.74) is 5.53. The van der Waals surface area contributed by atoms with Gasteiger partial charge < -0.3 is 9.47 Å². The van der Waals surface area contributed by atoms with E-state index in [-0.39, 0.29) is 24.7 Å². The predicted octanol–water partition coefficient (Wildman–Crippen LogP) is 4.61. The Hall–Kier alpha value is -1.11. The molecule has 1 aromatic carbocycles. The van der Waals surface area contributed by atoms with E-state index in [1.807, 2.05) is 6.92 Å². The fraction of sp³-hybridized carbons (Fsp3) is 0.696. The van der Waals surface area contributed by atoms with E-state index < -0.39 is 0 Å². The molecule has 0 saturated carbocycles. The van der Waals surface area contributed by atoms with Crippen LogP contribution >= 0.6 is 11.8 Å². The van der Waals surface area contributed by atoms with E-state index in [0.29, 0.717) is 30.8 Å². The number of nitrogens with zero attached hydrogens (tertiary/aromatic N) is 1. The summed E-state index contributed by atoms with van der Waals surface area (Å²) >= 11 is 1.47. The lowest BCUT2D eigenvalue weighted by Crippen LogP contribution is -2.49. The number of alkyl halides is 1. The van der Waals surface area contributed by atoms with Gasteiger partial charge in [0, 0.05) is 50.3 Å². The van der Waals surface area contributed by atoms with Crippen molar-refractivity contribution in [1.82, 2.24) is 4.90 Å². The third-order valence-electron chi connectivity index (χ3n) is 6.27. The Bertz CT molecular complexity index is 699. The number of carbonyl (C=O) groups excluding carboxylic acids is 1. The highest BCUT2D eigenvalue weighted by atomic mass is 32.2. The maximum Gasteiger partial charge on any atom is 0.305 e. The zero-order chi connectivity index (χ0) is 20.8. The van der Waals surface area contributed by atoms with Crippen LogP contribution in [0.15, 0.2) is 12.1 Å². The molecule has 1 aromatic rings. The number of esters is 1. The van der Waals surface area contributed by atoms with Crippen LogP contribution in [0.2, 0.25) is 0 Å². The van der Waals surface area contributed by atoms with Crippen molar-refractivity contribution in [3.05, 3.63) is 34.4 Å². The molecule has 0 amide bonds. The van der Waals surface area contributed by atoms with Crippen molar-refractivity contribution in [2.24, 2.45) is 5.92 Å². The number of ether oxygens (including phenoxy) is 2. The van der Waals surface area contributed by atoms with Crippen molar-refractivity contribution in [2.45, 2.75) is 58.6 Å².